The lowest BCUT2D eigenvalue weighted by Crippen LogP contribution is -2.51. The zero-order valence-corrected chi connectivity index (χ0v) is 16.7. The van der Waals surface area contributed by atoms with Crippen molar-refractivity contribution < 1.29 is 9.59 Å². The first kappa shape index (κ1) is 18.7. The van der Waals surface area contributed by atoms with Gasteiger partial charge in [-0.25, -0.2) is 4.52 Å². The number of rotatable bonds is 4. The van der Waals surface area contributed by atoms with Gasteiger partial charge in [-0.3, -0.25) is 9.59 Å². The molecule has 2 aromatic rings. The molecule has 28 heavy (non-hydrogen) atoms. The molecule has 8 heteroatoms. The maximum atomic E-state index is 12.1. The van der Waals surface area contributed by atoms with Gasteiger partial charge in [0.25, 0.3) is 5.91 Å². The number of fused-ring (bicyclic) bond motifs is 1. The van der Waals surface area contributed by atoms with Gasteiger partial charge in [0.2, 0.25) is 5.91 Å². The molecule has 2 aliphatic rings. The summed E-state index contributed by atoms with van der Waals surface area (Å²) in [6.45, 7) is 7.06. The molecule has 0 radical (unpaired) electrons. The van der Waals surface area contributed by atoms with Crippen LogP contribution in [0.25, 0.3) is 5.52 Å². The lowest BCUT2D eigenvalue weighted by Gasteiger charge is -2.39. The van der Waals surface area contributed by atoms with Gasteiger partial charge in [-0.1, -0.05) is 13.8 Å². The second-order valence-electron chi connectivity index (χ2n) is 8.85. The third-order valence-electron chi connectivity index (χ3n) is 6.89. The van der Waals surface area contributed by atoms with Gasteiger partial charge in [0.15, 0.2) is 0 Å². The van der Waals surface area contributed by atoms with Gasteiger partial charge in [0.05, 0.1) is 34.8 Å². The summed E-state index contributed by atoms with van der Waals surface area (Å²) in [4.78, 5) is 26.0. The van der Waals surface area contributed by atoms with E-state index in [2.05, 4.69) is 31.2 Å². The number of amides is 2. The fourth-order valence-corrected chi connectivity index (χ4v) is 4.40. The SMILES string of the molecule is CC1(C)[C@H](Nc2c(C(N)=O)cnn3cc(N4CCCC4=O)cc23)CC[C@]1(C)N. The van der Waals surface area contributed by atoms with E-state index in [9.17, 15) is 9.59 Å². The van der Waals surface area contributed by atoms with Crippen molar-refractivity contribution >= 4 is 28.7 Å². The molecule has 0 spiro atoms. The molecule has 5 N–H and O–H groups in total. The van der Waals surface area contributed by atoms with Crippen molar-refractivity contribution in [3.05, 3.63) is 24.0 Å². The minimum atomic E-state index is -0.538. The first-order valence-corrected chi connectivity index (χ1v) is 9.79. The Morgan fingerprint density at radius 1 is 1.36 bits per heavy atom. The summed E-state index contributed by atoms with van der Waals surface area (Å²) >= 11 is 0. The number of nitrogens with two attached hydrogens (primary N) is 2. The molecular formula is C20H28N6O2. The van der Waals surface area contributed by atoms with E-state index in [1.54, 1.807) is 9.42 Å². The molecule has 8 nitrogen and oxygen atoms in total. The second kappa shape index (κ2) is 6.20. The number of nitrogens with one attached hydrogen (secondary N) is 1. The number of nitrogens with zero attached hydrogens (tertiary/aromatic N) is 3. The van der Waals surface area contributed by atoms with E-state index in [0.717, 1.165) is 30.5 Å². The number of carbonyl (C=O) groups is 2. The van der Waals surface area contributed by atoms with Crippen molar-refractivity contribution in [1.82, 2.24) is 9.61 Å². The molecule has 0 bridgehead atoms. The third kappa shape index (κ3) is 2.74. The highest BCUT2D eigenvalue weighted by Gasteiger charge is 2.49. The monoisotopic (exact) mass is 384 g/mol. The van der Waals surface area contributed by atoms with Crippen LogP contribution in [-0.2, 0) is 4.79 Å². The first-order valence-electron chi connectivity index (χ1n) is 9.79. The maximum absolute atomic E-state index is 12.1. The van der Waals surface area contributed by atoms with Gasteiger partial charge in [0.1, 0.15) is 0 Å². The summed E-state index contributed by atoms with van der Waals surface area (Å²) in [7, 11) is 0. The maximum Gasteiger partial charge on any atom is 0.252 e. The standard InChI is InChI=1S/C20H28N6O2/c1-19(2)15(6-7-20(19,3)22)24-17-13(18(21)28)10-23-26-11-12(9-14(17)26)25-8-4-5-16(25)27/h9-11,15,24H,4-8,22H2,1-3H3,(H2,21,28)/t15-,20+/m1/s1. The summed E-state index contributed by atoms with van der Waals surface area (Å²) < 4.78 is 1.69. The van der Waals surface area contributed by atoms with E-state index < -0.39 is 5.91 Å². The molecule has 2 atom stereocenters. The number of hydrogen-bond acceptors (Lipinski definition) is 5. The lowest BCUT2D eigenvalue weighted by atomic mass is 9.75. The summed E-state index contributed by atoms with van der Waals surface area (Å²) in [5.74, 6) is -0.430. The predicted octanol–water partition coefficient (Wildman–Crippen LogP) is 1.88. The average Bonchev–Trinajstić information content (AvgIpc) is 3.27. The van der Waals surface area contributed by atoms with Crippen LogP contribution in [0.1, 0.15) is 56.8 Å². The zero-order chi connectivity index (χ0) is 20.3. The van der Waals surface area contributed by atoms with Crippen molar-refractivity contribution in [3.8, 4) is 0 Å². The molecule has 2 aromatic heterocycles. The van der Waals surface area contributed by atoms with Crippen LogP contribution < -0.4 is 21.7 Å². The summed E-state index contributed by atoms with van der Waals surface area (Å²) in [6.07, 6.45) is 6.49. The Hall–Kier alpha value is -2.61. The van der Waals surface area contributed by atoms with Crippen molar-refractivity contribution in [2.45, 2.75) is 58.0 Å². The molecular weight excluding hydrogens is 356 g/mol. The predicted molar refractivity (Wildman–Crippen MR) is 108 cm³/mol. The van der Waals surface area contributed by atoms with Crippen LogP contribution in [0, 0.1) is 5.41 Å². The minimum absolute atomic E-state index is 0.0820. The number of hydrogen-bond donors (Lipinski definition) is 3. The van der Waals surface area contributed by atoms with Crippen molar-refractivity contribution in [3.63, 3.8) is 0 Å². The molecule has 1 saturated carbocycles. The van der Waals surface area contributed by atoms with Crippen molar-refractivity contribution in [2.75, 3.05) is 16.8 Å². The van der Waals surface area contributed by atoms with Crippen molar-refractivity contribution in [2.24, 2.45) is 16.9 Å². The van der Waals surface area contributed by atoms with Crippen molar-refractivity contribution in [1.29, 1.82) is 0 Å². The molecule has 2 amide bonds. The molecule has 4 rings (SSSR count). The van der Waals surface area contributed by atoms with Gasteiger partial charge in [-0.05, 0) is 32.3 Å². The number of primary amides is 1. The first-order chi connectivity index (χ1) is 13.1. The van der Waals surface area contributed by atoms with E-state index >= 15 is 0 Å². The van der Waals surface area contributed by atoms with E-state index in [0.29, 0.717) is 24.2 Å². The van der Waals surface area contributed by atoms with Gasteiger partial charge < -0.3 is 21.7 Å². The van der Waals surface area contributed by atoms with Gasteiger partial charge in [0, 0.05) is 30.0 Å². The molecule has 1 saturated heterocycles. The fourth-order valence-electron chi connectivity index (χ4n) is 4.40. The van der Waals surface area contributed by atoms with Crippen LogP contribution in [0.15, 0.2) is 18.5 Å². The van der Waals surface area contributed by atoms with Crippen LogP contribution in [0.4, 0.5) is 11.4 Å². The van der Waals surface area contributed by atoms with E-state index in [-0.39, 0.29) is 22.9 Å². The highest BCUT2D eigenvalue weighted by molar-refractivity contribution is 6.03. The van der Waals surface area contributed by atoms with Crippen LogP contribution in [-0.4, -0.2) is 39.6 Å². The fraction of sp³-hybridized carbons (Fsp3) is 0.550. The van der Waals surface area contributed by atoms with Crippen LogP contribution >= 0.6 is 0 Å². The Balaban J connectivity index is 1.79. The number of aromatic nitrogens is 2. The van der Waals surface area contributed by atoms with Gasteiger partial charge in [-0.2, -0.15) is 5.10 Å². The molecule has 2 fully saturated rings. The molecule has 150 valence electrons. The molecule has 1 aliphatic carbocycles. The Bertz CT molecular complexity index is 961. The van der Waals surface area contributed by atoms with E-state index in [1.807, 2.05) is 12.3 Å². The largest absolute Gasteiger partial charge is 0.379 e. The second-order valence-corrected chi connectivity index (χ2v) is 8.85. The number of carbonyl (C=O) groups excluding carboxylic acids is 2. The zero-order valence-electron chi connectivity index (χ0n) is 16.7. The Morgan fingerprint density at radius 2 is 2.11 bits per heavy atom. The van der Waals surface area contributed by atoms with E-state index in [1.165, 1.54) is 6.20 Å². The van der Waals surface area contributed by atoms with Gasteiger partial charge >= 0.3 is 0 Å². The average molecular weight is 384 g/mol. The lowest BCUT2D eigenvalue weighted by molar-refractivity contribution is -0.117. The molecule has 1 aliphatic heterocycles. The highest BCUT2D eigenvalue weighted by Crippen LogP contribution is 2.46. The Morgan fingerprint density at radius 3 is 2.68 bits per heavy atom. The summed E-state index contributed by atoms with van der Waals surface area (Å²) in [5, 5.41) is 7.88. The Labute approximate surface area is 164 Å². The van der Waals surface area contributed by atoms with Crippen LogP contribution in [0.5, 0.6) is 0 Å². The molecule has 0 unspecified atom stereocenters. The third-order valence-corrected chi connectivity index (χ3v) is 6.89. The quantitative estimate of drug-likeness (QED) is 0.744. The normalized spacial score (nSPS) is 26.9. The smallest absolute Gasteiger partial charge is 0.252 e. The molecule has 0 aromatic carbocycles. The number of anilines is 2. The minimum Gasteiger partial charge on any atom is -0.379 e. The van der Waals surface area contributed by atoms with Crippen LogP contribution in [0.3, 0.4) is 0 Å². The van der Waals surface area contributed by atoms with E-state index in [4.69, 9.17) is 11.5 Å². The molecule has 3 heterocycles. The Kier molecular flexibility index (Phi) is 4.15. The topological polar surface area (TPSA) is 119 Å². The van der Waals surface area contributed by atoms with Gasteiger partial charge in [-0.15, -0.1) is 0 Å². The summed E-state index contributed by atoms with van der Waals surface area (Å²) in [5.41, 5.74) is 14.2. The highest BCUT2D eigenvalue weighted by atomic mass is 16.2. The summed E-state index contributed by atoms with van der Waals surface area (Å²) in [6, 6.07) is 1.98. The van der Waals surface area contributed by atoms with Crippen LogP contribution in [0.2, 0.25) is 0 Å².